The van der Waals surface area contributed by atoms with E-state index in [1.54, 1.807) is 11.0 Å². The molecule has 104 valence electrons. The van der Waals surface area contributed by atoms with Crippen LogP contribution in [0.1, 0.15) is 26.7 Å². The number of amides is 1. The summed E-state index contributed by atoms with van der Waals surface area (Å²) in [7, 11) is 0. The molecule has 19 heavy (non-hydrogen) atoms. The molecule has 2 rings (SSSR count). The zero-order valence-electron chi connectivity index (χ0n) is 11.1. The number of hydrogen-bond donors (Lipinski definition) is 1. The van der Waals surface area contributed by atoms with Crippen LogP contribution in [0.2, 0.25) is 5.02 Å². The Morgan fingerprint density at radius 3 is 2.84 bits per heavy atom. The smallest absolute Gasteiger partial charge is 0.244 e. The van der Waals surface area contributed by atoms with E-state index >= 15 is 0 Å². The van der Waals surface area contributed by atoms with Crippen molar-refractivity contribution < 1.29 is 9.18 Å². The molecular weight excluding hydrogens is 267 g/mol. The van der Waals surface area contributed by atoms with Gasteiger partial charge < -0.3 is 10.2 Å². The second-order valence-corrected chi connectivity index (χ2v) is 5.51. The van der Waals surface area contributed by atoms with Crippen molar-refractivity contribution in [3.05, 3.63) is 29.0 Å². The second-order valence-electron chi connectivity index (χ2n) is 5.10. The largest absolute Gasteiger partial charge is 0.311 e. The fraction of sp³-hybridized carbons (Fsp3) is 0.500. The van der Waals surface area contributed by atoms with Crippen LogP contribution < -0.4 is 10.2 Å². The molecule has 1 aliphatic rings. The van der Waals surface area contributed by atoms with Crippen molar-refractivity contribution >= 4 is 23.2 Å². The Balaban J connectivity index is 2.19. The highest BCUT2D eigenvalue weighted by molar-refractivity contribution is 6.30. The highest BCUT2D eigenvalue weighted by Gasteiger charge is 2.30. The van der Waals surface area contributed by atoms with Crippen molar-refractivity contribution in [3.63, 3.8) is 0 Å². The van der Waals surface area contributed by atoms with Gasteiger partial charge in [0.05, 0.1) is 11.1 Å². The monoisotopic (exact) mass is 284 g/mol. The molecule has 0 spiro atoms. The molecule has 1 N–H and O–H groups in total. The van der Waals surface area contributed by atoms with Crippen LogP contribution in [0, 0.1) is 5.82 Å². The number of halogens is 2. The fourth-order valence-corrected chi connectivity index (χ4v) is 2.46. The van der Waals surface area contributed by atoms with Gasteiger partial charge in [0.15, 0.2) is 0 Å². The molecule has 0 radical (unpaired) electrons. The summed E-state index contributed by atoms with van der Waals surface area (Å²) in [5.41, 5.74) is 0.571. The standard InChI is InChI=1S/C14H18ClFN2O/c1-9(2)17-13-4-3-7-18(14(13)19)10-5-6-11(15)12(16)8-10/h5-6,8-9,13,17H,3-4,7H2,1-2H3. The maximum atomic E-state index is 13.5. The van der Waals surface area contributed by atoms with Gasteiger partial charge >= 0.3 is 0 Å². The Morgan fingerprint density at radius 1 is 1.47 bits per heavy atom. The van der Waals surface area contributed by atoms with Crippen molar-refractivity contribution in [3.8, 4) is 0 Å². The van der Waals surface area contributed by atoms with Crippen molar-refractivity contribution in [1.29, 1.82) is 0 Å². The average Bonchev–Trinajstić information content (AvgIpc) is 2.35. The molecule has 5 heteroatoms. The summed E-state index contributed by atoms with van der Waals surface area (Å²) in [5, 5.41) is 3.32. The summed E-state index contributed by atoms with van der Waals surface area (Å²) in [6.45, 7) is 4.64. The number of carbonyl (C=O) groups is 1. The van der Waals surface area contributed by atoms with Crippen LogP contribution in [0.5, 0.6) is 0 Å². The van der Waals surface area contributed by atoms with Crippen LogP contribution in [0.25, 0.3) is 0 Å². The predicted molar refractivity (Wildman–Crippen MR) is 75.1 cm³/mol. The molecule has 1 atom stereocenters. The molecule has 0 saturated carbocycles. The summed E-state index contributed by atoms with van der Waals surface area (Å²) in [6, 6.07) is 4.54. The molecule has 1 aromatic rings. The van der Waals surface area contributed by atoms with Crippen LogP contribution in [-0.2, 0) is 4.79 Å². The third-order valence-corrected chi connectivity index (χ3v) is 3.49. The summed E-state index contributed by atoms with van der Waals surface area (Å²) in [6.07, 6.45) is 1.73. The molecule has 1 amide bonds. The Kier molecular flexibility index (Phi) is 4.42. The molecule has 1 unspecified atom stereocenters. The van der Waals surface area contributed by atoms with Crippen molar-refractivity contribution in [2.75, 3.05) is 11.4 Å². The van der Waals surface area contributed by atoms with E-state index < -0.39 is 5.82 Å². The van der Waals surface area contributed by atoms with Crippen molar-refractivity contribution in [1.82, 2.24) is 5.32 Å². The highest BCUT2D eigenvalue weighted by atomic mass is 35.5. The minimum absolute atomic E-state index is 0.00155. The second kappa shape index (κ2) is 5.88. The number of piperidine rings is 1. The van der Waals surface area contributed by atoms with Crippen LogP contribution >= 0.6 is 11.6 Å². The number of anilines is 1. The van der Waals surface area contributed by atoms with E-state index in [9.17, 15) is 9.18 Å². The lowest BCUT2D eigenvalue weighted by atomic mass is 10.0. The van der Waals surface area contributed by atoms with E-state index in [4.69, 9.17) is 11.6 Å². The molecule has 1 aliphatic heterocycles. The van der Waals surface area contributed by atoms with Crippen molar-refractivity contribution in [2.45, 2.75) is 38.8 Å². The van der Waals surface area contributed by atoms with Crippen molar-refractivity contribution in [2.24, 2.45) is 0 Å². The summed E-state index contributed by atoms with van der Waals surface area (Å²) in [5.74, 6) is -0.493. The van der Waals surface area contributed by atoms with Crippen LogP contribution in [0.4, 0.5) is 10.1 Å². The lowest BCUT2D eigenvalue weighted by Gasteiger charge is -2.33. The first-order valence-electron chi connectivity index (χ1n) is 6.51. The maximum Gasteiger partial charge on any atom is 0.244 e. The Hall–Kier alpha value is -1.13. The van der Waals surface area contributed by atoms with Gasteiger partial charge in [-0.1, -0.05) is 25.4 Å². The van der Waals surface area contributed by atoms with Crippen LogP contribution in [0.3, 0.4) is 0 Å². The van der Waals surface area contributed by atoms with Crippen LogP contribution in [-0.4, -0.2) is 24.5 Å². The molecule has 1 fully saturated rings. The third-order valence-electron chi connectivity index (χ3n) is 3.19. The van der Waals surface area contributed by atoms with Gasteiger partial charge in [-0.05, 0) is 31.0 Å². The van der Waals surface area contributed by atoms with E-state index in [1.165, 1.54) is 12.1 Å². The summed E-state index contributed by atoms with van der Waals surface area (Å²) < 4.78 is 13.5. The Bertz CT molecular complexity index is 479. The molecule has 0 bridgehead atoms. The van der Waals surface area contributed by atoms with Crippen LogP contribution in [0.15, 0.2) is 18.2 Å². The van der Waals surface area contributed by atoms with Gasteiger partial charge in [-0.3, -0.25) is 4.79 Å². The van der Waals surface area contributed by atoms with E-state index in [1.807, 2.05) is 13.8 Å². The first-order chi connectivity index (χ1) is 8.99. The van der Waals surface area contributed by atoms with Gasteiger partial charge in [0, 0.05) is 18.3 Å². The SMILES string of the molecule is CC(C)NC1CCCN(c2ccc(Cl)c(F)c2)C1=O. The number of nitrogens with one attached hydrogen (secondary N) is 1. The molecule has 1 aromatic carbocycles. The van der Waals surface area contributed by atoms with Gasteiger partial charge in [-0.25, -0.2) is 4.39 Å². The van der Waals surface area contributed by atoms with Gasteiger partial charge in [0.2, 0.25) is 5.91 Å². The Labute approximate surface area is 117 Å². The van der Waals surface area contributed by atoms with E-state index in [2.05, 4.69) is 5.32 Å². The lowest BCUT2D eigenvalue weighted by Crippen LogP contribution is -2.52. The fourth-order valence-electron chi connectivity index (χ4n) is 2.34. The minimum Gasteiger partial charge on any atom is -0.311 e. The van der Waals surface area contributed by atoms with E-state index in [0.29, 0.717) is 12.2 Å². The van der Waals surface area contributed by atoms with E-state index in [-0.39, 0.29) is 23.0 Å². The minimum atomic E-state index is -0.495. The number of rotatable bonds is 3. The van der Waals surface area contributed by atoms with Gasteiger partial charge in [0.1, 0.15) is 5.82 Å². The molecule has 3 nitrogen and oxygen atoms in total. The summed E-state index contributed by atoms with van der Waals surface area (Å²) in [4.78, 5) is 14.0. The van der Waals surface area contributed by atoms with Gasteiger partial charge in [0.25, 0.3) is 0 Å². The van der Waals surface area contributed by atoms with Gasteiger partial charge in [-0.15, -0.1) is 0 Å². The first-order valence-corrected chi connectivity index (χ1v) is 6.89. The zero-order chi connectivity index (χ0) is 14.0. The highest BCUT2D eigenvalue weighted by Crippen LogP contribution is 2.25. The normalized spacial score (nSPS) is 20.2. The zero-order valence-corrected chi connectivity index (χ0v) is 11.9. The maximum absolute atomic E-state index is 13.5. The Morgan fingerprint density at radius 2 is 2.21 bits per heavy atom. The quantitative estimate of drug-likeness (QED) is 0.925. The molecule has 1 heterocycles. The average molecular weight is 285 g/mol. The third kappa shape index (κ3) is 3.25. The number of carbonyl (C=O) groups excluding carboxylic acids is 1. The lowest BCUT2D eigenvalue weighted by molar-refractivity contribution is -0.121. The molecule has 0 aliphatic carbocycles. The topological polar surface area (TPSA) is 32.3 Å². The van der Waals surface area contributed by atoms with Gasteiger partial charge in [-0.2, -0.15) is 0 Å². The predicted octanol–water partition coefficient (Wildman–Crippen LogP) is 2.97. The molecule has 1 saturated heterocycles. The summed E-state index contributed by atoms with van der Waals surface area (Å²) >= 11 is 5.66. The molecular formula is C14H18ClFN2O. The number of hydrogen-bond acceptors (Lipinski definition) is 2. The van der Waals surface area contributed by atoms with E-state index in [0.717, 1.165) is 12.8 Å². The first kappa shape index (κ1) is 14.3. The number of benzene rings is 1. The number of nitrogens with zero attached hydrogens (tertiary/aromatic N) is 1. The molecule has 0 aromatic heterocycles.